The van der Waals surface area contributed by atoms with Gasteiger partial charge in [-0.15, -0.1) is 0 Å². The number of carboxylic acids is 1. The Morgan fingerprint density at radius 1 is 0.970 bits per heavy atom. The van der Waals surface area contributed by atoms with Crippen molar-refractivity contribution in [2.24, 2.45) is 0 Å². The molecule has 1 aromatic carbocycles. The fraction of sp³-hybridized carbons (Fsp3) is 0.692. The molecule has 0 aliphatic heterocycles. The number of carbonyl (C=O) groups excluding carboxylic acids is 1. The zero-order chi connectivity index (χ0) is 23.7. The number of hydrogen-bond acceptors (Lipinski definition) is 5. The second-order valence-electron chi connectivity index (χ2n) is 9.01. The average molecular weight is 463 g/mol. The Hall–Kier alpha value is -2.12. The molecule has 3 N–H and O–H groups in total. The highest BCUT2D eigenvalue weighted by Gasteiger charge is 2.21. The molecule has 3 rings (SSSR count). The van der Waals surface area contributed by atoms with Gasteiger partial charge in [-0.1, -0.05) is 75.8 Å². The van der Waals surface area contributed by atoms with Crippen LogP contribution in [0.15, 0.2) is 30.3 Å². The molecule has 0 radical (unpaired) electrons. The van der Waals surface area contributed by atoms with E-state index in [1.54, 1.807) is 0 Å². The summed E-state index contributed by atoms with van der Waals surface area (Å²) in [6, 6.07) is 9.77. The molecule has 186 valence electrons. The fourth-order valence-electron chi connectivity index (χ4n) is 4.30. The van der Waals surface area contributed by atoms with Crippen molar-refractivity contribution in [2.45, 2.75) is 102 Å². The van der Waals surface area contributed by atoms with Crippen LogP contribution in [0.2, 0.25) is 0 Å². The molecule has 1 amide bonds. The van der Waals surface area contributed by atoms with Gasteiger partial charge in [-0.05, 0) is 37.7 Å². The Bertz CT molecular complexity index is 642. The number of carbonyl (C=O) groups is 2. The van der Waals surface area contributed by atoms with E-state index in [4.69, 9.17) is 14.6 Å². The number of aliphatic carboxylic acids is 1. The maximum Gasteiger partial charge on any atom is 0.408 e. The molecule has 0 saturated heterocycles. The van der Waals surface area contributed by atoms with E-state index in [2.05, 4.69) is 10.6 Å². The van der Waals surface area contributed by atoms with Crippen molar-refractivity contribution in [2.75, 3.05) is 13.2 Å². The minimum Gasteiger partial charge on any atom is -0.480 e. The first-order chi connectivity index (χ1) is 16.1. The fourth-order valence-corrected chi connectivity index (χ4v) is 4.30. The van der Waals surface area contributed by atoms with Crippen molar-refractivity contribution in [3.8, 4) is 0 Å². The van der Waals surface area contributed by atoms with E-state index in [0.717, 1.165) is 24.1 Å². The third-order valence-electron chi connectivity index (χ3n) is 6.12. The zero-order valence-electron chi connectivity index (χ0n) is 20.1. The summed E-state index contributed by atoms with van der Waals surface area (Å²) in [6.45, 7) is 2.38. The van der Waals surface area contributed by atoms with E-state index in [9.17, 15) is 9.59 Å². The average Bonchev–Trinajstić information content (AvgIpc) is 2.84. The molecular weight excluding hydrogens is 420 g/mol. The van der Waals surface area contributed by atoms with E-state index < -0.39 is 18.1 Å². The highest BCUT2D eigenvalue weighted by molar-refractivity contribution is 5.80. The monoisotopic (exact) mass is 462 g/mol. The van der Waals surface area contributed by atoms with E-state index in [0.29, 0.717) is 6.61 Å². The van der Waals surface area contributed by atoms with Crippen LogP contribution in [0, 0.1) is 0 Å². The third-order valence-corrected chi connectivity index (χ3v) is 6.12. The van der Waals surface area contributed by atoms with Gasteiger partial charge < -0.3 is 25.2 Å². The third kappa shape index (κ3) is 12.1. The van der Waals surface area contributed by atoms with Crippen LogP contribution in [0.1, 0.15) is 83.1 Å². The van der Waals surface area contributed by atoms with Gasteiger partial charge in [0.2, 0.25) is 0 Å². The topological polar surface area (TPSA) is 96.9 Å². The second-order valence-corrected chi connectivity index (χ2v) is 9.01. The molecule has 33 heavy (non-hydrogen) atoms. The number of benzene rings is 1. The van der Waals surface area contributed by atoms with Gasteiger partial charge in [-0.3, -0.25) is 0 Å². The van der Waals surface area contributed by atoms with E-state index in [1.807, 2.05) is 37.3 Å². The number of hydrogen-bond donors (Lipinski definition) is 3. The maximum absolute atomic E-state index is 11.5. The number of nitrogens with one attached hydrogen (secondary N) is 2. The predicted molar refractivity (Wildman–Crippen MR) is 129 cm³/mol. The lowest BCUT2D eigenvalue weighted by Gasteiger charge is -2.30. The minimum absolute atomic E-state index is 0.0798. The van der Waals surface area contributed by atoms with Crippen LogP contribution in [0.4, 0.5) is 4.79 Å². The van der Waals surface area contributed by atoms with Crippen LogP contribution >= 0.6 is 0 Å². The minimum atomic E-state index is -1.15. The van der Waals surface area contributed by atoms with Gasteiger partial charge in [0.05, 0.1) is 6.61 Å². The smallest absolute Gasteiger partial charge is 0.408 e. The Labute approximate surface area is 198 Å². The molecule has 0 spiro atoms. The maximum atomic E-state index is 11.5. The lowest BCUT2D eigenvalue weighted by atomic mass is 9.91. The van der Waals surface area contributed by atoms with Crippen molar-refractivity contribution in [1.29, 1.82) is 0 Å². The van der Waals surface area contributed by atoms with Gasteiger partial charge in [0.25, 0.3) is 0 Å². The van der Waals surface area contributed by atoms with Crippen LogP contribution in [-0.4, -0.2) is 48.5 Å². The number of rotatable bonds is 10. The van der Waals surface area contributed by atoms with Gasteiger partial charge in [0.1, 0.15) is 6.61 Å². The van der Waals surface area contributed by atoms with E-state index in [1.165, 1.54) is 64.2 Å². The van der Waals surface area contributed by atoms with Crippen molar-refractivity contribution in [1.82, 2.24) is 10.6 Å². The van der Waals surface area contributed by atoms with Gasteiger partial charge >= 0.3 is 12.1 Å². The number of amides is 1. The largest absolute Gasteiger partial charge is 0.480 e. The standard InChI is InChI=1S/C14H19NO5.C12H23N/c1-2-8-19-10-12(13(16)17)15-14(18)20-9-11-6-4-3-5-7-11;1-3-7-11(8-4-1)13-12-9-5-2-6-10-12/h3-7,12H,2,8-10H2,1H3,(H,15,18)(H,16,17);11-13H,1-10H2/t12-;/m0./s1. The van der Waals surface area contributed by atoms with Crippen molar-refractivity contribution < 1.29 is 24.2 Å². The van der Waals surface area contributed by atoms with Crippen LogP contribution in [0.25, 0.3) is 0 Å². The molecule has 0 unspecified atom stereocenters. The number of carboxylic acid groups (broad SMARTS) is 1. The molecule has 7 nitrogen and oxygen atoms in total. The van der Waals surface area contributed by atoms with Gasteiger partial charge in [0.15, 0.2) is 6.04 Å². The predicted octanol–water partition coefficient (Wildman–Crippen LogP) is 5.03. The van der Waals surface area contributed by atoms with Gasteiger partial charge in [-0.25, -0.2) is 9.59 Å². The molecule has 0 heterocycles. The quantitative estimate of drug-likeness (QED) is 0.422. The van der Waals surface area contributed by atoms with Crippen LogP contribution < -0.4 is 10.6 Å². The summed E-state index contributed by atoms with van der Waals surface area (Å²) in [5.41, 5.74) is 0.830. The summed E-state index contributed by atoms with van der Waals surface area (Å²) in [5.74, 6) is -1.15. The molecule has 1 aromatic rings. The van der Waals surface area contributed by atoms with Crippen LogP contribution in [0.3, 0.4) is 0 Å². The Morgan fingerprint density at radius 2 is 1.55 bits per heavy atom. The Morgan fingerprint density at radius 3 is 2.06 bits per heavy atom. The summed E-state index contributed by atoms with van der Waals surface area (Å²) in [7, 11) is 0. The Balaban J connectivity index is 0.000000254. The molecule has 2 aliphatic rings. The molecular formula is C26H42N2O5. The highest BCUT2D eigenvalue weighted by atomic mass is 16.5. The summed E-state index contributed by atoms with van der Waals surface area (Å²) in [5, 5.41) is 15.1. The number of ether oxygens (including phenoxy) is 2. The summed E-state index contributed by atoms with van der Waals surface area (Å²) in [6.07, 6.45) is 14.6. The zero-order valence-corrected chi connectivity index (χ0v) is 20.1. The molecule has 1 atom stereocenters. The lowest BCUT2D eigenvalue weighted by Crippen LogP contribution is -2.44. The van der Waals surface area contributed by atoms with Crippen molar-refractivity contribution in [3.05, 3.63) is 35.9 Å². The normalized spacial score (nSPS) is 18.0. The van der Waals surface area contributed by atoms with Crippen molar-refractivity contribution in [3.63, 3.8) is 0 Å². The molecule has 7 heteroatoms. The van der Waals surface area contributed by atoms with E-state index >= 15 is 0 Å². The second kappa shape index (κ2) is 16.5. The molecule has 2 aliphatic carbocycles. The molecule has 2 saturated carbocycles. The first-order valence-electron chi connectivity index (χ1n) is 12.6. The molecule has 0 aromatic heterocycles. The number of alkyl carbamates (subject to hydrolysis) is 1. The van der Waals surface area contributed by atoms with Gasteiger partial charge in [-0.2, -0.15) is 0 Å². The first kappa shape index (κ1) is 27.1. The first-order valence-corrected chi connectivity index (χ1v) is 12.6. The van der Waals surface area contributed by atoms with Crippen LogP contribution in [0.5, 0.6) is 0 Å². The Kier molecular flexibility index (Phi) is 13.6. The summed E-state index contributed by atoms with van der Waals surface area (Å²) in [4.78, 5) is 22.5. The SMILES string of the molecule is C1CCC(NC2CCCCC2)CC1.CCCOC[C@H](NC(=O)OCc1ccccc1)C(=O)O. The summed E-state index contributed by atoms with van der Waals surface area (Å²) >= 11 is 0. The van der Waals surface area contributed by atoms with Crippen molar-refractivity contribution >= 4 is 12.1 Å². The summed E-state index contributed by atoms with van der Waals surface area (Å²) < 4.78 is 10.1. The lowest BCUT2D eigenvalue weighted by molar-refractivity contribution is -0.141. The molecule has 0 bridgehead atoms. The van der Waals surface area contributed by atoms with E-state index in [-0.39, 0.29) is 13.2 Å². The highest BCUT2D eigenvalue weighted by Crippen LogP contribution is 2.22. The molecule has 2 fully saturated rings. The van der Waals surface area contributed by atoms with Gasteiger partial charge in [0, 0.05) is 18.7 Å². The van der Waals surface area contributed by atoms with Crippen LogP contribution in [-0.2, 0) is 20.9 Å².